The fourth-order valence-electron chi connectivity index (χ4n) is 2.77. The average Bonchev–Trinajstić information content (AvgIpc) is 2.87. The van der Waals surface area contributed by atoms with Crippen molar-refractivity contribution in [3.8, 4) is 0 Å². The van der Waals surface area contributed by atoms with E-state index in [0.717, 1.165) is 18.9 Å². The summed E-state index contributed by atoms with van der Waals surface area (Å²) < 4.78 is 1.92. The first-order valence-corrected chi connectivity index (χ1v) is 7.49. The van der Waals surface area contributed by atoms with Crippen molar-refractivity contribution in [2.24, 2.45) is 0 Å². The second-order valence-corrected chi connectivity index (χ2v) is 5.95. The maximum absolute atomic E-state index is 11.7. The molecule has 0 saturated heterocycles. The summed E-state index contributed by atoms with van der Waals surface area (Å²) in [4.78, 5) is 13.9. The molecule has 2 aromatic rings. The van der Waals surface area contributed by atoms with Crippen LogP contribution in [0.3, 0.4) is 0 Å². The summed E-state index contributed by atoms with van der Waals surface area (Å²) in [5, 5.41) is 11.0. The number of rotatable bonds is 4. The summed E-state index contributed by atoms with van der Waals surface area (Å²) >= 11 is 0. The Morgan fingerprint density at radius 3 is 2.91 bits per heavy atom. The molecule has 1 aromatic heterocycles. The molecule has 1 aromatic carbocycles. The molecule has 1 N–H and O–H groups in total. The van der Waals surface area contributed by atoms with Crippen molar-refractivity contribution in [3.63, 3.8) is 0 Å². The van der Waals surface area contributed by atoms with Gasteiger partial charge in [-0.05, 0) is 32.0 Å². The predicted octanol–water partition coefficient (Wildman–Crippen LogP) is 1.27. The van der Waals surface area contributed by atoms with Crippen LogP contribution < -0.4 is 5.32 Å². The van der Waals surface area contributed by atoms with Crippen molar-refractivity contribution in [1.82, 2.24) is 25.0 Å². The normalized spacial score (nSPS) is 14.1. The summed E-state index contributed by atoms with van der Waals surface area (Å²) in [7, 11) is 2.06. The number of aryl methyl sites for hydroxylation is 2. The van der Waals surface area contributed by atoms with E-state index in [4.69, 9.17) is 0 Å². The third-order valence-corrected chi connectivity index (χ3v) is 4.01. The minimum absolute atomic E-state index is 0.137. The van der Waals surface area contributed by atoms with E-state index in [0.29, 0.717) is 18.9 Å². The van der Waals surface area contributed by atoms with Gasteiger partial charge in [-0.2, -0.15) is 0 Å². The third kappa shape index (κ3) is 2.87. The van der Waals surface area contributed by atoms with Crippen LogP contribution in [0.4, 0.5) is 0 Å². The molecule has 1 aliphatic rings. The highest BCUT2D eigenvalue weighted by Crippen LogP contribution is 2.14. The number of aromatic nitrogens is 3. The molecular weight excluding hydrogens is 278 g/mol. The molecule has 0 atom stereocenters. The molecule has 0 aliphatic carbocycles. The van der Waals surface area contributed by atoms with Crippen LogP contribution in [-0.2, 0) is 19.6 Å². The van der Waals surface area contributed by atoms with Crippen LogP contribution in [0.15, 0.2) is 18.2 Å². The Morgan fingerprint density at radius 2 is 2.09 bits per heavy atom. The first kappa shape index (κ1) is 14.7. The molecule has 1 amide bonds. The van der Waals surface area contributed by atoms with Crippen LogP contribution in [0.2, 0.25) is 0 Å². The zero-order valence-electron chi connectivity index (χ0n) is 13.3. The first-order valence-electron chi connectivity index (χ1n) is 7.49. The number of benzene rings is 1. The van der Waals surface area contributed by atoms with Gasteiger partial charge in [0.05, 0.1) is 6.54 Å². The molecule has 6 heteroatoms. The largest absolute Gasteiger partial charge is 0.348 e. The Kier molecular flexibility index (Phi) is 3.94. The minimum atomic E-state index is -0.137. The van der Waals surface area contributed by atoms with E-state index < -0.39 is 0 Å². The van der Waals surface area contributed by atoms with Crippen molar-refractivity contribution in [3.05, 3.63) is 46.5 Å². The fraction of sp³-hybridized carbons (Fsp3) is 0.438. The summed E-state index contributed by atoms with van der Waals surface area (Å²) in [6, 6.07) is 6.51. The summed E-state index contributed by atoms with van der Waals surface area (Å²) in [5.41, 5.74) is 3.88. The number of carbonyl (C=O) groups is 1. The fourth-order valence-corrected chi connectivity index (χ4v) is 2.77. The lowest BCUT2D eigenvalue weighted by Crippen LogP contribution is -2.36. The van der Waals surface area contributed by atoms with Gasteiger partial charge in [-0.25, -0.2) is 0 Å². The molecule has 0 fully saturated rings. The topological polar surface area (TPSA) is 63.1 Å². The van der Waals surface area contributed by atoms with Crippen LogP contribution in [0, 0.1) is 13.8 Å². The van der Waals surface area contributed by atoms with Crippen LogP contribution in [0.5, 0.6) is 0 Å². The molecule has 0 spiro atoms. The van der Waals surface area contributed by atoms with Gasteiger partial charge < -0.3 is 9.88 Å². The van der Waals surface area contributed by atoms with Crippen molar-refractivity contribution in [2.45, 2.75) is 33.5 Å². The number of nitrogens with one attached hydrogen (secondary N) is 1. The highest BCUT2D eigenvalue weighted by Gasteiger charge is 2.22. The van der Waals surface area contributed by atoms with E-state index in [9.17, 15) is 4.79 Å². The molecule has 6 nitrogen and oxygen atoms in total. The molecule has 0 bridgehead atoms. The van der Waals surface area contributed by atoms with Gasteiger partial charge in [0.25, 0.3) is 5.91 Å². The third-order valence-electron chi connectivity index (χ3n) is 4.01. The average molecular weight is 299 g/mol. The molecule has 0 saturated carbocycles. The van der Waals surface area contributed by atoms with Gasteiger partial charge in [0.1, 0.15) is 5.82 Å². The van der Waals surface area contributed by atoms with E-state index in [1.165, 1.54) is 16.7 Å². The Hall–Kier alpha value is -2.21. The highest BCUT2D eigenvalue weighted by molar-refractivity contribution is 5.91. The van der Waals surface area contributed by atoms with Crippen LogP contribution in [0.1, 0.15) is 33.1 Å². The summed E-state index contributed by atoms with van der Waals surface area (Å²) in [5.74, 6) is 1.13. The molecule has 3 rings (SSSR count). The van der Waals surface area contributed by atoms with Crippen molar-refractivity contribution >= 4 is 5.91 Å². The quantitative estimate of drug-likeness (QED) is 0.923. The monoisotopic (exact) mass is 299 g/mol. The van der Waals surface area contributed by atoms with Gasteiger partial charge in [0.2, 0.25) is 5.82 Å². The van der Waals surface area contributed by atoms with Crippen molar-refractivity contribution in [2.75, 3.05) is 13.6 Å². The van der Waals surface area contributed by atoms with Gasteiger partial charge in [-0.3, -0.25) is 9.69 Å². The molecule has 1 aliphatic heterocycles. The summed E-state index contributed by atoms with van der Waals surface area (Å²) in [6.45, 7) is 7.14. The Labute approximate surface area is 130 Å². The molecule has 0 radical (unpaired) electrons. The summed E-state index contributed by atoms with van der Waals surface area (Å²) in [6.07, 6.45) is 0. The number of hydrogen-bond donors (Lipinski definition) is 1. The molecule has 2 heterocycles. The smallest absolute Gasteiger partial charge is 0.289 e. The zero-order valence-corrected chi connectivity index (χ0v) is 13.3. The van der Waals surface area contributed by atoms with E-state index in [2.05, 4.69) is 59.5 Å². The first-order chi connectivity index (χ1) is 10.5. The lowest BCUT2D eigenvalue weighted by Gasteiger charge is -2.20. The molecular formula is C16H21N5O. The molecule has 0 unspecified atom stereocenters. The molecule has 22 heavy (non-hydrogen) atoms. The maximum Gasteiger partial charge on any atom is 0.289 e. The standard InChI is InChI=1S/C16H21N5O/c1-11-4-5-12(2)13(8-11)9-20(3)10-14-18-19-15-16(22)17-6-7-21(14)15/h4-5,8H,6-7,9-10H2,1-3H3,(H,17,22). The Bertz CT molecular complexity index is 707. The van der Waals surface area contributed by atoms with Crippen LogP contribution in [0.25, 0.3) is 0 Å². The number of fused-ring (bicyclic) bond motifs is 1. The number of amides is 1. The Morgan fingerprint density at radius 1 is 1.27 bits per heavy atom. The zero-order chi connectivity index (χ0) is 15.7. The number of nitrogens with zero attached hydrogens (tertiary/aromatic N) is 4. The van der Waals surface area contributed by atoms with E-state index in [1.807, 2.05) is 4.57 Å². The maximum atomic E-state index is 11.7. The lowest BCUT2D eigenvalue weighted by atomic mass is 10.1. The Balaban J connectivity index is 1.73. The van der Waals surface area contributed by atoms with Crippen molar-refractivity contribution < 1.29 is 4.79 Å². The lowest BCUT2D eigenvalue weighted by molar-refractivity contribution is 0.0920. The second-order valence-electron chi connectivity index (χ2n) is 5.95. The number of carbonyl (C=O) groups excluding carboxylic acids is 1. The highest BCUT2D eigenvalue weighted by atomic mass is 16.2. The van der Waals surface area contributed by atoms with Gasteiger partial charge in [0.15, 0.2) is 0 Å². The van der Waals surface area contributed by atoms with Crippen LogP contribution in [-0.4, -0.2) is 39.2 Å². The molecule has 116 valence electrons. The van der Waals surface area contributed by atoms with Crippen molar-refractivity contribution in [1.29, 1.82) is 0 Å². The van der Waals surface area contributed by atoms with E-state index in [-0.39, 0.29) is 5.91 Å². The van der Waals surface area contributed by atoms with E-state index in [1.54, 1.807) is 0 Å². The number of hydrogen-bond acceptors (Lipinski definition) is 4. The van der Waals surface area contributed by atoms with E-state index >= 15 is 0 Å². The predicted molar refractivity (Wildman–Crippen MR) is 83.4 cm³/mol. The van der Waals surface area contributed by atoms with Gasteiger partial charge in [-0.1, -0.05) is 23.8 Å². The van der Waals surface area contributed by atoms with Gasteiger partial charge in [0, 0.05) is 19.6 Å². The SMILES string of the molecule is Cc1ccc(C)c(CN(C)Cc2nnc3n2CCNC3=O)c1. The van der Waals surface area contributed by atoms with Gasteiger partial charge in [-0.15, -0.1) is 10.2 Å². The van der Waals surface area contributed by atoms with Gasteiger partial charge >= 0.3 is 0 Å². The second kappa shape index (κ2) is 5.88. The minimum Gasteiger partial charge on any atom is -0.348 e. The van der Waals surface area contributed by atoms with Crippen LogP contribution >= 0.6 is 0 Å².